The van der Waals surface area contributed by atoms with Gasteiger partial charge in [0.25, 0.3) is 0 Å². The number of nitrogens with one attached hydrogen (secondary N) is 1. The zero-order valence-corrected chi connectivity index (χ0v) is 16.7. The molecule has 0 bridgehead atoms. The number of hydrogen-bond donors (Lipinski definition) is 1. The van der Waals surface area contributed by atoms with Crippen LogP contribution in [0.3, 0.4) is 0 Å². The van der Waals surface area contributed by atoms with E-state index in [0.29, 0.717) is 36.2 Å². The first-order valence-corrected chi connectivity index (χ1v) is 9.90. The van der Waals surface area contributed by atoms with Crippen molar-refractivity contribution in [1.82, 2.24) is 9.78 Å². The van der Waals surface area contributed by atoms with Crippen LogP contribution in [0.5, 0.6) is 17.2 Å². The lowest BCUT2D eigenvalue weighted by atomic mass is 10.0. The molecule has 8 heteroatoms. The summed E-state index contributed by atoms with van der Waals surface area (Å²) in [5.41, 5.74) is 1.72. The zero-order valence-electron chi connectivity index (χ0n) is 15.9. The van der Waals surface area contributed by atoms with Crippen LogP contribution in [0.25, 0.3) is 0 Å². The molecule has 1 unspecified atom stereocenters. The zero-order chi connectivity index (χ0) is 19.2. The van der Waals surface area contributed by atoms with Gasteiger partial charge in [0.15, 0.2) is 11.5 Å². The predicted molar refractivity (Wildman–Crippen MR) is 104 cm³/mol. The Labute approximate surface area is 162 Å². The van der Waals surface area contributed by atoms with Gasteiger partial charge in [-0.25, -0.2) is 4.68 Å². The lowest BCUT2D eigenvalue weighted by Gasteiger charge is -2.24. The number of benzene rings is 1. The van der Waals surface area contributed by atoms with Crippen LogP contribution in [-0.4, -0.2) is 41.8 Å². The number of thioether (sulfide) groups is 1. The number of carbonyl (C=O) groups is 1. The van der Waals surface area contributed by atoms with E-state index in [9.17, 15) is 4.79 Å². The van der Waals surface area contributed by atoms with Gasteiger partial charge in [0, 0.05) is 5.56 Å². The molecule has 0 saturated carbocycles. The second kappa shape index (κ2) is 6.67. The van der Waals surface area contributed by atoms with Crippen LogP contribution < -0.4 is 19.5 Å². The molecule has 144 valence electrons. The van der Waals surface area contributed by atoms with Crippen LogP contribution in [0.1, 0.15) is 37.1 Å². The molecule has 4 rings (SSSR count). The van der Waals surface area contributed by atoms with E-state index in [1.165, 1.54) is 0 Å². The first-order valence-electron chi connectivity index (χ1n) is 8.86. The number of ether oxygens (including phenoxy) is 3. The van der Waals surface area contributed by atoms with Crippen molar-refractivity contribution in [3.63, 3.8) is 0 Å². The van der Waals surface area contributed by atoms with E-state index in [2.05, 4.69) is 31.2 Å². The highest BCUT2D eigenvalue weighted by molar-refractivity contribution is 8.00. The highest BCUT2D eigenvalue weighted by atomic mass is 32.2. The quantitative estimate of drug-likeness (QED) is 0.850. The summed E-state index contributed by atoms with van der Waals surface area (Å²) in [6.07, 6.45) is 1.84. The summed E-state index contributed by atoms with van der Waals surface area (Å²) < 4.78 is 18.9. The first-order chi connectivity index (χ1) is 12.9. The van der Waals surface area contributed by atoms with Gasteiger partial charge in [-0.3, -0.25) is 4.79 Å². The average Bonchev–Trinajstić information content (AvgIpc) is 2.97. The van der Waals surface area contributed by atoms with Crippen molar-refractivity contribution in [3.05, 3.63) is 29.5 Å². The van der Waals surface area contributed by atoms with Crippen LogP contribution in [0.4, 0.5) is 5.82 Å². The van der Waals surface area contributed by atoms with Gasteiger partial charge in [0.05, 0.1) is 29.8 Å². The number of anilines is 1. The molecular weight excluding hydrogens is 366 g/mol. The van der Waals surface area contributed by atoms with E-state index in [1.807, 2.05) is 23.0 Å². The Morgan fingerprint density at radius 2 is 2.07 bits per heavy atom. The van der Waals surface area contributed by atoms with E-state index in [1.54, 1.807) is 18.9 Å². The number of fused-ring (bicyclic) bond motifs is 2. The second-order valence-electron chi connectivity index (χ2n) is 7.52. The Bertz CT molecular complexity index is 871. The topological polar surface area (TPSA) is 74.6 Å². The van der Waals surface area contributed by atoms with Crippen molar-refractivity contribution in [3.8, 4) is 17.2 Å². The minimum absolute atomic E-state index is 0.0285. The predicted octanol–water partition coefficient (Wildman–Crippen LogP) is 3.19. The maximum Gasteiger partial charge on any atom is 0.235 e. The van der Waals surface area contributed by atoms with Gasteiger partial charge in [-0.2, -0.15) is 5.10 Å². The van der Waals surface area contributed by atoms with Crippen molar-refractivity contribution >= 4 is 23.5 Å². The SMILES string of the molecule is COc1cc(C2SCC(=O)Nc3c2cnn3C(C)(C)C)cc2c1OCCO2. The van der Waals surface area contributed by atoms with Crippen LogP contribution in [0.15, 0.2) is 18.3 Å². The van der Waals surface area contributed by atoms with Gasteiger partial charge < -0.3 is 19.5 Å². The third kappa shape index (κ3) is 3.22. The normalized spacial score (nSPS) is 19.1. The fourth-order valence-electron chi connectivity index (χ4n) is 3.32. The van der Waals surface area contributed by atoms with Crippen LogP contribution in [0.2, 0.25) is 0 Å². The van der Waals surface area contributed by atoms with E-state index in [0.717, 1.165) is 16.9 Å². The van der Waals surface area contributed by atoms with E-state index >= 15 is 0 Å². The summed E-state index contributed by atoms with van der Waals surface area (Å²) in [6, 6.07) is 3.93. The standard InChI is InChI=1S/C19H23N3O4S/c1-19(2,3)22-18-12(9-20-22)17(27-10-15(23)21-18)11-7-13(24-4)16-14(8-11)25-5-6-26-16/h7-9,17H,5-6,10H2,1-4H3,(H,21,23). The Morgan fingerprint density at radius 1 is 1.30 bits per heavy atom. The summed E-state index contributed by atoms with van der Waals surface area (Å²) in [5.74, 6) is 3.02. The molecular formula is C19H23N3O4S. The van der Waals surface area contributed by atoms with Gasteiger partial charge >= 0.3 is 0 Å². The molecule has 1 aromatic carbocycles. The number of methoxy groups -OCH3 is 1. The number of aromatic nitrogens is 2. The van der Waals surface area contributed by atoms with Crippen molar-refractivity contribution < 1.29 is 19.0 Å². The van der Waals surface area contributed by atoms with Gasteiger partial charge in [0.1, 0.15) is 19.0 Å². The number of carbonyl (C=O) groups excluding carboxylic acids is 1. The Morgan fingerprint density at radius 3 is 2.81 bits per heavy atom. The molecule has 0 aliphatic carbocycles. The summed E-state index contributed by atoms with van der Waals surface area (Å²) in [5, 5.41) is 7.50. The third-order valence-corrected chi connectivity index (χ3v) is 5.80. The minimum Gasteiger partial charge on any atom is -0.493 e. The van der Waals surface area contributed by atoms with Crippen molar-refractivity contribution in [2.24, 2.45) is 0 Å². The molecule has 0 spiro atoms. The monoisotopic (exact) mass is 389 g/mol. The van der Waals surface area contributed by atoms with E-state index in [-0.39, 0.29) is 16.7 Å². The van der Waals surface area contributed by atoms with Crippen molar-refractivity contribution in [1.29, 1.82) is 0 Å². The summed E-state index contributed by atoms with van der Waals surface area (Å²) >= 11 is 1.56. The molecule has 1 N–H and O–H groups in total. The lowest BCUT2D eigenvalue weighted by molar-refractivity contribution is -0.113. The van der Waals surface area contributed by atoms with Gasteiger partial charge in [0.2, 0.25) is 11.7 Å². The molecule has 0 saturated heterocycles. The summed E-state index contributed by atoms with van der Waals surface area (Å²) in [4.78, 5) is 12.3. The van der Waals surface area contributed by atoms with Crippen LogP contribution in [0, 0.1) is 0 Å². The minimum atomic E-state index is -0.245. The van der Waals surface area contributed by atoms with E-state index in [4.69, 9.17) is 14.2 Å². The van der Waals surface area contributed by atoms with Crippen molar-refractivity contribution in [2.45, 2.75) is 31.6 Å². The maximum atomic E-state index is 12.3. The molecule has 0 fully saturated rings. The van der Waals surface area contributed by atoms with E-state index < -0.39 is 0 Å². The third-order valence-electron chi connectivity index (χ3n) is 4.51. The average molecular weight is 389 g/mol. The molecule has 7 nitrogen and oxygen atoms in total. The number of nitrogens with zero attached hydrogens (tertiary/aromatic N) is 2. The molecule has 2 aliphatic heterocycles. The first kappa shape index (κ1) is 18.0. The summed E-state index contributed by atoms with van der Waals surface area (Å²) in [7, 11) is 1.62. The van der Waals surface area contributed by atoms with Gasteiger partial charge in [-0.15, -0.1) is 11.8 Å². The molecule has 27 heavy (non-hydrogen) atoms. The maximum absolute atomic E-state index is 12.3. The van der Waals surface area contributed by atoms with Gasteiger partial charge in [-0.1, -0.05) is 0 Å². The largest absolute Gasteiger partial charge is 0.493 e. The molecule has 1 amide bonds. The Balaban J connectivity index is 1.83. The molecule has 3 heterocycles. The number of hydrogen-bond acceptors (Lipinski definition) is 6. The van der Waals surface area contributed by atoms with Crippen LogP contribution >= 0.6 is 11.8 Å². The highest BCUT2D eigenvalue weighted by Crippen LogP contribution is 2.48. The fraction of sp³-hybridized carbons (Fsp3) is 0.474. The molecule has 1 atom stereocenters. The summed E-state index contributed by atoms with van der Waals surface area (Å²) in [6.45, 7) is 7.19. The van der Waals surface area contributed by atoms with Gasteiger partial charge in [-0.05, 0) is 38.5 Å². The molecule has 0 radical (unpaired) electrons. The molecule has 1 aromatic heterocycles. The Hall–Kier alpha value is -2.35. The molecule has 2 aliphatic rings. The fourth-order valence-corrected chi connectivity index (χ4v) is 4.39. The highest BCUT2D eigenvalue weighted by Gasteiger charge is 2.32. The number of amides is 1. The Kier molecular flexibility index (Phi) is 4.46. The molecule has 2 aromatic rings. The van der Waals surface area contributed by atoms with Crippen LogP contribution in [-0.2, 0) is 10.3 Å². The van der Waals surface area contributed by atoms with Crippen molar-refractivity contribution in [2.75, 3.05) is 31.4 Å². The smallest absolute Gasteiger partial charge is 0.235 e. The number of rotatable bonds is 2. The lowest BCUT2D eigenvalue weighted by Crippen LogP contribution is -2.27. The second-order valence-corrected chi connectivity index (χ2v) is 8.61.